The number of nitrogens with one attached hydrogen (secondary N) is 2. The lowest BCUT2D eigenvalue weighted by Crippen LogP contribution is -3.19. The van der Waals surface area contributed by atoms with Gasteiger partial charge in [-0.3, -0.25) is 9.69 Å². The second-order valence-electron chi connectivity index (χ2n) is 9.92. The zero-order chi connectivity index (χ0) is 21.3. The third kappa shape index (κ3) is 2.21. The normalized spacial score (nSPS) is 47.8. The Bertz CT molecular complexity index is 946. The van der Waals surface area contributed by atoms with E-state index in [1.807, 2.05) is 0 Å². The van der Waals surface area contributed by atoms with Gasteiger partial charge in [0.15, 0.2) is 6.29 Å². The fourth-order valence-corrected chi connectivity index (χ4v) is 8.15. The summed E-state index contributed by atoms with van der Waals surface area (Å²) in [5, 5.41) is 26.7. The number of aldehydes is 1. The van der Waals surface area contributed by atoms with E-state index in [9.17, 15) is 19.8 Å². The molecule has 2 heterocycles. The Hall–Kier alpha value is -2.17. The number of carbonyl (C=O) groups excluding carboxylic acids is 2. The summed E-state index contributed by atoms with van der Waals surface area (Å²) in [7, 11) is 1.79. The highest BCUT2D eigenvalue weighted by Crippen LogP contribution is 2.76. The topological polar surface area (TPSA) is 106 Å². The number of hydrogen-bond acceptors (Lipinski definition) is 5. The van der Waals surface area contributed by atoms with Gasteiger partial charge in [0, 0.05) is 29.4 Å². The van der Waals surface area contributed by atoms with Crippen LogP contribution >= 0.6 is 0 Å². The Morgan fingerprint density at radius 2 is 2.27 bits per heavy atom. The van der Waals surface area contributed by atoms with E-state index < -0.39 is 17.0 Å². The molecule has 2 saturated carbocycles. The van der Waals surface area contributed by atoms with Crippen LogP contribution < -0.4 is 15.3 Å². The second kappa shape index (κ2) is 6.41. The van der Waals surface area contributed by atoms with Crippen molar-refractivity contribution in [3.05, 3.63) is 11.1 Å². The van der Waals surface area contributed by atoms with Gasteiger partial charge in [-0.15, -0.1) is 0 Å². The van der Waals surface area contributed by atoms with Crippen LogP contribution in [0.4, 0.5) is 0 Å². The molecule has 7 atom stereocenters. The molecule has 7 nitrogen and oxygen atoms in total. The summed E-state index contributed by atoms with van der Waals surface area (Å²) < 4.78 is 0. The number of nitrogens with zero attached hydrogens (tertiary/aromatic N) is 1. The fourth-order valence-electron chi connectivity index (χ4n) is 8.15. The minimum Gasteiger partial charge on any atom is -0.545 e. The minimum atomic E-state index is -1.96. The first-order valence-electron chi connectivity index (χ1n) is 11.0. The maximum absolute atomic E-state index is 12.2. The van der Waals surface area contributed by atoms with Gasteiger partial charge >= 0.3 is 0 Å². The maximum Gasteiger partial charge on any atom is 0.296 e. The van der Waals surface area contributed by atoms with Gasteiger partial charge in [-0.2, -0.15) is 0 Å². The molecule has 5 rings (SSSR count). The predicted octanol–water partition coefficient (Wildman–Crippen LogP) is -1.71. The molecule has 0 aromatic carbocycles. The molecule has 1 unspecified atom stereocenters. The Balaban J connectivity index is 1.77. The van der Waals surface area contributed by atoms with Crippen LogP contribution in [0.3, 0.4) is 0 Å². The number of quaternary nitrogens is 1. The van der Waals surface area contributed by atoms with Crippen molar-refractivity contribution in [1.29, 1.82) is 0 Å². The Labute approximate surface area is 176 Å². The first-order valence-corrected chi connectivity index (χ1v) is 11.0. The summed E-state index contributed by atoms with van der Waals surface area (Å²) >= 11 is 0. The van der Waals surface area contributed by atoms with Crippen LogP contribution in [-0.4, -0.2) is 55.6 Å². The molecule has 3 fully saturated rings. The second-order valence-corrected chi connectivity index (χ2v) is 9.92. The van der Waals surface area contributed by atoms with Crippen LogP contribution in [0.25, 0.3) is 0 Å². The number of aliphatic hydroxyl groups is 1. The fraction of sp³-hybridized carbons (Fsp3) is 0.696. The van der Waals surface area contributed by atoms with Crippen LogP contribution in [0, 0.1) is 40.4 Å². The van der Waals surface area contributed by atoms with E-state index in [0.717, 1.165) is 43.9 Å². The molecule has 5 bridgehead atoms. The molecule has 160 valence electrons. The van der Waals surface area contributed by atoms with Gasteiger partial charge in [0.05, 0.1) is 25.6 Å². The van der Waals surface area contributed by atoms with Crippen molar-refractivity contribution in [2.75, 3.05) is 26.7 Å². The molecule has 0 radical (unpaired) electrons. The van der Waals surface area contributed by atoms with Gasteiger partial charge in [0.1, 0.15) is 5.60 Å². The summed E-state index contributed by atoms with van der Waals surface area (Å²) in [6.45, 7) is 4.50. The quantitative estimate of drug-likeness (QED) is 0.371. The molecular formula is C23H29N3O4. The largest absolute Gasteiger partial charge is 0.545 e. The van der Waals surface area contributed by atoms with Crippen molar-refractivity contribution >= 4 is 18.2 Å². The van der Waals surface area contributed by atoms with Crippen LogP contribution in [0.1, 0.15) is 39.0 Å². The number of rotatable bonds is 2. The number of hydrogen-bond donors (Lipinski definition) is 3. The summed E-state index contributed by atoms with van der Waals surface area (Å²) in [6.07, 6.45) is 3.98. The van der Waals surface area contributed by atoms with Gasteiger partial charge < -0.3 is 20.3 Å². The van der Waals surface area contributed by atoms with E-state index in [4.69, 9.17) is 0 Å². The van der Waals surface area contributed by atoms with Crippen molar-refractivity contribution in [1.82, 2.24) is 5.32 Å². The number of allylic oxidation sites excluding steroid dienone is 1. The number of piperidine rings is 1. The molecule has 30 heavy (non-hydrogen) atoms. The monoisotopic (exact) mass is 411 g/mol. The molecule has 5 aliphatic rings. The van der Waals surface area contributed by atoms with Crippen LogP contribution in [0.15, 0.2) is 16.1 Å². The Morgan fingerprint density at radius 3 is 2.97 bits per heavy atom. The van der Waals surface area contributed by atoms with Crippen molar-refractivity contribution < 1.29 is 24.7 Å². The number of aliphatic carboxylic acids is 1. The molecule has 0 amide bonds. The summed E-state index contributed by atoms with van der Waals surface area (Å²) in [5.74, 6) is 6.81. The van der Waals surface area contributed by atoms with E-state index >= 15 is 0 Å². The standard InChI is InChI=1S/C23H29N3O4/c1-14-9-15-5-3-7-25-20(24-2)26-8-4-6-21(12-26)16(15)10-17-18(19(28)29)22(30,13-27)11-23(14,17)21/h13-16,30H,4,6-12H2,1-2H3,(H,24,25)(H,28,29)/t14-,15-,16+,21-,22+,23+/m1/s1. The molecule has 2 spiro atoms. The summed E-state index contributed by atoms with van der Waals surface area (Å²) in [4.78, 5) is 29.9. The summed E-state index contributed by atoms with van der Waals surface area (Å²) in [5.41, 5.74) is -2.08. The van der Waals surface area contributed by atoms with Crippen molar-refractivity contribution in [2.24, 2.45) is 33.6 Å². The van der Waals surface area contributed by atoms with Crippen LogP contribution in [0.2, 0.25) is 0 Å². The average molecular weight is 412 g/mol. The summed E-state index contributed by atoms with van der Waals surface area (Å²) in [6, 6.07) is 0. The van der Waals surface area contributed by atoms with E-state index in [2.05, 4.69) is 29.1 Å². The van der Waals surface area contributed by atoms with E-state index in [1.165, 1.54) is 4.90 Å². The number of carboxylic acid groups (broad SMARTS) is 1. The van der Waals surface area contributed by atoms with Gasteiger partial charge in [0.2, 0.25) is 0 Å². The molecule has 3 aliphatic carbocycles. The predicted molar refractivity (Wildman–Crippen MR) is 107 cm³/mol. The van der Waals surface area contributed by atoms with Crippen molar-refractivity contribution in [2.45, 2.75) is 44.6 Å². The van der Waals surface area contributed by atoms with Crippen LogP contribution in [0.5, 0.6) is 0 Å². The van der Waals surface area contributed by atoms with Crippen molar-refractivity contribution in [3.8, 4) is 11.8 Å². The maximum atomic E-state index is 12.2. The van der Waals surface area contributed by atoms with E-state index in [1.54, 1.807) is 7.05 Å². The Morgan fingerprint density at radius 1 is 1.47 bits per heavy atom. The van der Waals surface area contributed by atoms with Crippen LogP contribution in [-0.2, 0) is 9.59 Å². The zero-order valence-corrected chi connectivity index (χ0v) is 17.6. The van der Waals surface area contributed by atoms with E-state index in [0.29, 0.717) is 19.3 Å². The molecule has 0 aromatic rings. The molecule has 7 heteroatoms. The molecular weight excluding hydrogens is 382 g/mol. The number of carbonyl (C=O) groups is 2. The lowest BCUT2D eigenvalue weighted by molar-refractivity contribution is -0.827. The number of aliphatic imine (C=N–C) groups is 1. The zero-order valence-electron chi connectivity index (χ0n) is 17.6. The minimum absolute atomic E-state index is 0.127. The number of fused-ring (bicyclic) bond motifs is 1. The van der Waals surface area contributed by atoms with E-state index in [-0.39, 0.29) is 35.2 Å². The smallest absolute Gasteiger partial charge is 0.296 e. The highest BCUT2D eigenvalue weighted by Gasteiger charge is 2.75. The lowest BCUT2D eigenvalue weighted by Gasteiger charge is -2.58. The molecule has 3 N–H and O–H groups in total. The third-order valence-electron chi connectivity index (χ3n) is 9.00. The Kier molecular flexibility index (Phi) is 4.23. The highest BCUT2D eigenvalue weighted by atomic mass is 16.4. The lowest BCUT2D eigenvalue weighted by atomic mass is 9.46. The third-order valence-corrected chi connectivity index (χ3v) is 9.00. The molecule has 1 saturated heterocycles. The first kappa shape index (κ1) is 19.8. The number of carboxylic acids is 1. The molecule has 2 aliphatic heterocycles. The van der Waals surface area contributed by atoms with Gasteiger partial charge in [-0.05, 0) is 43.9 Å². The first-order chi connectivity index (χ1) is 14.3. The highest BCUT2D eigenvalue weighted by molar-refractivity contribution is 5.96. The SMILES string of the molecule is CN=C1NCC#C[C@@H]2C[C@@H](C)[C@@]34C[C@](O)(C=O)C(C(=O)[O-])=C3C[C@@H]2[C@]42CCC[NH+]1C2. The van der Waals surface area contributed by atoms with Gasteiger partial charge in [0.25, 0.3) is 5.96 Å². The van der Waals surface area contributed by atoms with Gasteiger partial charge in [-0.25, -0.2) is 4.99 Å². The molecule has 0 aromatic heterocycles. The van der Waals surface area contributed by atoms with Crippen molar-refractivity contribution in [3.63, 3.8) is 0 Å². The van der Waals surface area contributed by atoms with Gasteiger partial charge in [-0.1, -0.05) is 24.3 Å². The number of guanidine groups is 1. The average Bonchev–Trinajstić information content (AvgIpc) is 3.08.